The summed E-state index contributed by atoms with van der Waals surface area (Å²) in [6.45, 7) is -0.990. The first-order valence-electron chi connectivity index (χ1n) is 10.6. The lowest BCUT2D eigenvalue weighted by atomic mass is 10.1. The molecule has 0 amide bonds. The van der Waals surface area contributed by atoms with Gasteiger partial charge in [-0.15, -0.1) is 11.3 Å². The van der Waals surface area contributed by atoms with Gasteiger partial charge in [0.25, 0.3) is 5.56 Å². The first-order chi connectivity index (χ1) is 17.3. The normalized spacial score (nSPS) is 23.7. The van der Waals surface area contributed by atoms with Crippen LogP contribution in [0.2, 0.25) is 0 Å². The molecule has 1 aliphatic heterocycles. The zero-order valence-electron chi connectivity index (χ0n) is 18.7. The van der Waals surface area contributed by atoms with Gasteiger partial charge in [0, 0.05) is 22.0 Å². The maximum atomic E-state index is 13.1. The second-order valence-electron chi connectivity index (χ2n) is 7.94. The average molecular weight is 576 g/mol. The van der Waals surface area contributed by atoms with E-state index in [1.807, 2.05) is 36.4 Å². The number of thiophene rings is 1. The Kier molecular flexibility index (Phi) is 8.14. The van der Waals surface area contributed by atoms with Gasteiger partial charge in [0.1, 0.15) is 18.3 Å². The number of phosphoric acid groups is 2. The molecule has 14 nitrogen and oxygen atoms in total. The van der Waals surface area contributed by atoms with Crippen molar-refractivity contribution < 1.29 is 47.6 Å². The van der Waals surface area contributed by atoms with Crippen molar-refractivity contribution in [1.29, 1.82) is 0 Å². The van der Waals surface area contributed by atoms with Crippen molar-refractivity contribution in [1.82, 2.24) is 9.13 Å². The largest absolute Gasteiger partial charge is 0.481 e. The van der Waals surface area contributed by atoms with Gasteiger partial charge in [-0.05, 0) is 17.7 Å². The summed E-state index contributed by atoms with van der Waals surface area (Å²) in [7, 11) is -10.6. The van der Waals surface area contributed by atoms with Crippen molar-refractivity contribution in [2.45, 2.75) is 31.1 Å². The Balaban J connectivity index is 1.52. The van der Waals surface area contributed by atoms with E-state index in [1.165, 1.54) is 11.3 Å². The molecule has 17 heteroatoms. The quantitative estimate of drug-likeness (QED) is 0.222. The summed E-state index contributed by atoms with van der Waals surface area (Å²) in [4.78, 5) is 54.0. The van der Waals surface area contributed by atoms with Gasteiger partial charge in [0.2, 0.25) is 0 Å². The van der Waals surface area contributed by atoms with Crippen LogP contribution in [0, 0.1) is 0 Å². The maximum Gasteiger partial charge on any atom is 0.481 e. The highest BCUT2D eigenvalue weighted by molar-refractivity contribution is 7.60. The van der Waals surface area contributed by atoms with Crippen LogP contribution in [-0.4, -0.2) is 58.9 Å². The molecule has 37 heavy (non-hydrogen) atoms. The lowest BCUT2D eigenvalue weighted by Crippen LogP contribution is -2.43. The lowest BCUT2D eigenvalue weighted by Gasteiger charge is -2.19. The Bertz CT molecular complexity index is 1470. The lowest BCUT2D eigenvalue weighted by molar-refractivity contribution is -0.0547. The van der Waals surface area contributed by atoms with Crippen LogP contribution in [0.15, 0.2) is 64.3 Å². The standard InChI is InChI=1S/C20H22N2O12P2S/c23-16-8-9-21(19-18(25)17(24)14(33-19)11-32-36(30,31)34-35(27,28)29)20(26)22(16)10-13-6-7-15(37-13)12-4-2-1-3-5-12/h1-9,14,17-19,24-25H,10-11H2,(H,30,31)(H2,27,28,29)/t14-,17?,18?,19-/m1/s1. The van der Waals surface area contributed by atoms with E-state index in [-0.39, 0.29) is 6.54 Å². The zero-order chi connectivity index (χ0) is 27.0. The molecule has 5 N–H and O–H groups in total. The van der Waals surface area contributed by atoms with Crippen LogP contribution in [0.3, 0.4) is 0 Å². The Morgan fingerprint density at radius 1 is 0.973 bits per heavy atom. The molecule has 2 aromatic heterocycles. The highest BCUT2D eigenvalue weighted by Crippen LogP contribution is 2.57. The minimum atomic E-state index is -5.37. The van der Waals surface area contributed by atoms with Crippen LogP contribution in [0.1, 0.15) is 11.1 Å². The van der Waals surface area contributed by atoms with E-state index in [4.69, 9.17) is 14.5 Å². The first-order valence-corrected chi connectivity index (χ1v) is 14.4. The van der Waals surface area contributed by atoms with Crippen molar-refractivity contribution in [3.63, 3.8) is 0 Å². The second-order valence-corrected chi connectivity index (χ2v) is 11.9. The van der Waals surface area contributed by atoms with Crippen LogP contribution in [0.25, 0.3) is 10.4 Å². The van der Waals surface area contributed by atoms with Crippen molar-refractivity contribution in [3.8, 4) is 10.4 Å². The minimum absolute atomic E-state index is 0.0681. The molecule has 4 rings (SSSR count). The molecule has 200 valence electrons. The highest BCUT2D eigenvalue weighted by atomic mass is 32.1. The molecule has 0 aliphatic carbocycles. The topological polar surface area (TPSA) is 207 Å². The van der Waals surface area contributed by atoms with Gasteiger partial charge in [-0.3, -0.25) is 18.5 Å². The number of aliphatic hydroxyl groups is 2. The Morgan fingerprint density at radius 2 is 1.68 bits per heavy atom. The summed E-state index contributed by atoms with van der Waals surface area (Å²) < 4.78 is 37.8. The number of hydrogen-bond donors (Lipinski definition) is 5. The van der Waals surface area contributed by atoms with E-state index in [1.54, 1.807) is 6.07 Å². The molecule has 5 atom stereocenters. The molecule has 0 bridgehead atoms. The Labute approximate surface area is 212 Å². The third-order valence-corrected chi connectivity index (χ3v) is 8.62. The molecule has 1 aliphatic rings. The van der Waals surface area contributed by atoms with Crippen molar-refractivity contribution in [2.24, 2.45) is 0 Å². The second kappa shape index (κ2) is 10.8. The van der Waals surface area contributed by atoms with E-state index in [2.05, 4.69) is 8.83 Å². The first kappa shape index (κ1) is 27.8. The molecule has 0 radical (unpaired) electrons. The third kappa shape index (κ3) is 6.60. The number of aliphatic hydroxyl groups excluding tert-OH is 2. The number of benzene rings is 1. The molecule has 1 aromatic carbocycles. The molecule has 1 fully saturated rings. The van der Waals surface area contributed by atoms with E-state index >= 15 is 0 Å². The summed E-state index contributed by atoms with van der Waals surface area (Å²) in [6, 6.07) is 14.2. The predicted molar refractivity (Wildman–Crippen MR) is 129 cm³/mol. The summed E-state index contributed by atoms with van der Waals surface area (Å²) in [6.07, 6.45) is -5.36. The van der Waals surface area contributed by atoms with E-state index < -0.39 is 58.0 Å². The molecule has 1 saturated heterocycles. The van der Waals surface area contributed by atoms with Gasteiger partial charge in [-0.1, -0.05) is 30.3 Å². The summed E-state index contributed by atoms with van der Waals surface area (Å²) >= 11 is 1.39. The van der Waals surface area contributed by atoms with Gasteiger partial charge >= 0.3 is 21.3 Å². The number of nitrogens with zero attached hydrogens (tertiary/aromatic N) is 2. The molecular formula is C20H22N2O12P2S. The number of phosphoric ester groups is 1. The van der Waals surface area contributed by atoms with Crippen LogP contribution in [-0.2, 0) is 29.2 Å². The predicted octanol–water partition coefficient (Wildman–Crippen LogP) is 0.632. The Hall–Kier alpha value is -2.26. The third-order valence-electron chi connectivity index (χ3n) is 5.35. The molecule has 0 saturated carbocycles. The molecule has 3 aromatic rings. The summed E-state index contributed by atoms with van der Waals surface area (Å²) in [5, 5.41) is 20.7. The molecule has 3 heterocycles. The van der Waals surface area contributed by atoms with Crippen LogP contribution in [0.5, 0.6) is 0 Å². The smallest absolute Gasteiger partial charge is 0.387 e. The number of rotatable bonds is 9. The minimum Gasteiger partial charge on any atom is -0.387 e. The number of aromatic nitrogens is 2. The van der Waals surface area contributed by atoms with Crippen molar-refractivity contribution >= 4 is 27.0 Å². The molecule has 0 spiro atoms. The van der Waals surface area contributed by atoms with E-state index in [0.29, 0.717) is 4.88 Å². The monoisotopic (exact) mass is 576 g/mol. The fraction of sp³-hybridized carbons (Fsp3) is 0.300. The molecular weight excluding hydrogens is 554 g/mol. The number of hydrogen-bond acceptors (Lipinski definition) is 10. The van der Waals surface area contributed by atoms with Gasteiger partial charge in [-0.25, -0.2) is 13.9 Å². The zero-order valence-corrected chi connectivity index (χ0v) is 21.3. The van der Waals surface area contributed by atoms with E-state index in [9.17, 15) is 33.8 Å². The van der Waals surface area contributed by atoms with Crippen LogP contribution >= 0.6 is 27.0 Å². The van der Waals surface area contributed by atoms with Crippen molar-refractivity contribution in [2.75, 3.05) is 6.61 Å². The van der Waals surface area contributed by atoms with E-state index in [0.717, 1.165) is 31.8 Å². The highest BCUT2D eigenvalue weighted by Gasteiger charge is 2.46. The van der Waals surface area contributed by atoms with Crippen molar-refractivity contribution in [3.05, 3.63) is 80.4 Å². The van der Waals surface area contributed by atoms with Crippen LogP contribution in [0.4, 0.5) is 0 Å². The average Bonchev–Trinajstić information content (AvgIpc) is 3.40. The number of ether oxygens (including phenoxy) is 1. The van der Waals surface area contributed by atoms with Gasteiger partial charge in [-0.2, -0.15) is 4.31 Å². The Morgan fingerprint density at radius 3 is 2.35 bits per heavy atom. The molecule has 3 unspecified atom stereocenters. The summed E-state index contributed by atoms with van der Waals surface area (Å²) in [5.41, 5.74) is -0.489. The van der Waals surface area contributed by atoms with Gasteiger partial charge < -0.3 is 29.6 Å². The fourth-order valence-electron chi connectivity index (χ4n) is 3.67. The van der Waals surface area contributed by atoms with Gasteiger partial charge in [0.15, 0.2) is 6.23 Å². The fourth-order valence-corrected chi connectivity index (χ4v) is 6.27. The summed E-state index contributed by atoms with van der Waals surface area (Å²) in [5.74, 6) is 0. The van der Waals surface area contributed by atoms with Gasteiger partial charge in [0.05, 0.1) is 13.2 Å². The SMILES string of the molecule is O=c1ccn([C@@H]2O[C@H](COP(=O)(O)OP(=O)(O)O)C(O)C2O)c(=O)n1Cc1ccc(-c2ccccc2)s1. The van der Waals surface area contributed by atoms with Crippen LogP contribution < -0.4 is 11.2 Å². The maximum absolute atomic E-state index is 13.1.